The zero-order valence-corrected chi connectivity index (χ0v) is 11.1. The van der Waals surface area contributed by atoms with Gasteiger partial charge in [-0.05, 0) is 43.6 Å². The normalized spacial score (nSPS) is 18.7. The van der Waals surface area contributed by atoms with E-state index in [1.807, 2.05) is 30.5 Å². The summed E-state index contributed by atoms with van der Waals surface area (Å²) < 4.78 is 11.0. The molecule has 0 amide bonds. The Hall–Kier alpha value is -1.81. The van der Waals surface area contributed by atoms with E-state index in [1.54, 1.807) is 7.11 Å². The summed E-state index contributed by atoms with van der Waals surface area (Å²) in [6, 6.07) is 7.78. The molecule has 4 nitrogen and oxygen atoms in total. The Morgan fingerprint density at radius 3 is 3.21 bits per heavy atom. The van der Waals surface area contributed by atoms with Crippen LogP contribution in [0.3, 0.4) is 0 Å². The van der Waals surface area contributed by atoms with Gasteiger partial charge < -0.3 is 14.5 Å². The molecule has 0 aliphatic carbocycles. The molecule has 3 rings (SSSR count). The zero-order chi connectivity index (χ0) is 13.1. The summed E-state index contributed by atoms with van der Waals surface area (Å²) in [6.07, 6.45) is 4.02. The Balaban J connectivity index is 1.76. The first kappa shape index (κ1) is 12.2. The lowest BCUT2D eigenvalue weighted by Gasteiger charge is -2.04. The highest BCUT2D eigenvalue weighted by Gasteiger charge is 2.17. The molecule has 2 heterocycles. The number of hydrogen-bond acceptors (Lipinski definition) is 4. The highest BCUT2D eigenvalue weighted by Crippen LogP contribution is 2.25. The number of rotatable bonds is 4. The van der Waals surface area contributed by atoms with Gasteiger partial charge in [-0.15, -0.1) is 0 Å². The summed E-state index contributed by atoms with van der Waals surface area (Å²) in [5, 5.41) is 3.37. The Morgan fingerprint density at radius 1 is 1.47 bits per heavy atom. The van der Waals surface area contributed by atoms with E-state index in [1.165, 1.54) is 6.42 Å². The summed E-state index contributed by atoms with van der Waals surface area (Å²) in [6.45, 7) is 2.19. The monoisotopic (exact) mass is 258 g/mol. The van der Waals surface area contributed by atoms with Crippen molar-refractivity contribution in [2.24, 2.45) is 5.92 Å². The van der Waals surface area contributed by atoms with E-state index in [0.717, 1.165) is 36.6 Å². The first-order valence-corrected chi connectivity index (χ1v) is 6.65. The summed E-state index contributed by atoms with van der Waals surface area (Å²) in [5.74, 6) is 3.12. The first-order chi connectivity index (χ1) is 9.35. The maximum Gasteiger partial charge on any atom is 0.226 e. The molecule has 2 aromatic rings. The molecule has 1 aliphatic heterocycles. The van der Waals surface area contributed by atoms with E-state index in [9.17, 15) is 0 Å². The lowest BCUT2D eigenvalue weighted by atomic mass is 10.0. The quantitative estimate of drug-likeness (QED) is 0.915. The molecule has 0 bridgehead atoms. The van der Waals surface area contributed by atoms with Gasteiger partial charge in [0.1, 0.15) is 11.5 Å². The fourth-order valence-corrected chi connectivity index (χ4v) is 2.46. The highest BCUT2D eigenvalue weighted by molar-refractivity contribution is 5.55. The summed E-state index contributed by atoms with van der Waals surface area (Å²) in [5.41, 5.74) is 0.954. The highest BCUT2D eigenvalue weighted by atomic mass is 16.5. The van der Waals surface area contributed by atoms with Crippen molar-refractivity contribution in [3.05, 3.63) is 36.2 Å². The molecule has 1 aliphatic rings. The van der Waals surface area contributed by atoms with Crippen LogP contribution in [0.5, 0.6) is 5.75 Å². The maximum atomic E-state index is 5.84. The van der Waals surface area contributed by atoms with E-state index in [4.69, 9.17) is 9.15 Å². The van der Waals surface area contributed by atoms with Gasteiger partial charge in [-0.1, -0.05) is 6.07 Å². The Labute approximate surface area is 112 Å². The molecule has 4 heteroatoms. The summed E-state index contributed by atoms with van der Waals surface area (Å²) in [4.78, 5) is 4.36. The van der Waals surface area contributed by atoms with Crippen LogP contribution in [0, 0.1) is 5.92 Å². The zero-order valence-electron chi connectivity index (χ0n) is 11.1. The van der Waals surface area contributed by atoms with E-state index < -0.39 is 0 Å². The molecule has 1 unspecified atom stereocenters. The molecule has 1 saturated heterocycles. The molecule has 19 heavy (non-hydrogen) atoms. The van der Waals surface area contributed by atoms with Gasteiger partial charge in [-0.3, -0.25) is 0 Å². The number of nitrogens with zero attached hydrogens (tertiary/aromatic N) is 1. The van der Waals surface area contributed by atoms with E-state index in [-0.39, 0.29) is 0 Å². The van der Waals surface area contributed by atoms with Crippen LogP contribution in [0.4, 0.5) is 0 Å². The van der Waals surface area contributed by atoms with Crippen LogP contribution in [0.15, 0.2) is 34.9 Å². The fraction of sp³-hybridized carbons (Fsp3) is 0.400. The SMILES string of the molecule is COc1cccc(-c2ncc(CC3CCNC3)o2)c1. The lowest BCUT2D eigenvalue weighted by Crippen LogP contribution is -2.10. The topological polar surface area (TPSA) is 47.3 Å². The van der Waals surface area contributed by atoms with Crippen molar-refractivity contribution in [3.8, 4) is 17.2 Å². The van der Waals surface area contributed by atoms with Gasteiger partial charge in [0.15, 0.2) is 0 Å². The summed E-state index contributed by atoms with van der Waals surface area (Å²) >= 11 is 0. The van der Waals surface area contributed by atoms with Gasteiger partial charge in [0.2, 0.25) is 5.89 Å². The standard InChI is InChI=1S/C15H18N2O2/c1-18-13-4-2-3-12(8-13)15-17-10-14(19-15)7-11-5-6-16-9-11/h2-4,8,10-11,16H,5-7,9H2,1H3. The van der Waals surface area contributed by atoms with Gasteiger partial charge in [0.05, 0.1) is 13.3 Å². The van der Waals surface area contributed by atoms with Gasteiger partial charge >= 0.3 is 0 Å². The molecule has 1 fully saturated rings. The number of aromatic nitrogens is 1. The number of hydrogen-bond donors (Lipinski definition) is 1. The molecule has 1 aromatic carbocycles. The predicted octanol–water partition coefficient (Wildman–Crippen LogP) is 2.50. The average molecular weight is 258 g/mol. The molecule has 1 aromatic heterocycles. The number of nitrogens with one attached hydrogen (secondary N) is 1. The smallest absolute Gasteiger partial charge is 0.226 e. The van der Waals surface area contributed by atoms with Crippen molar-refractivity contribution in [1.29, 1.82) is 0 Å². The van der Waals surface area contributed by atoms with E-state index in [2.05, 4.69) is 10.3 Å². The second-order valence-electron chi connectivity index (χ2n) is 4.93. The van der Waals surface area contributed by atoms with Gasteiger partial charge in [-0.25, -0.2) is 4.98 Å². The van der Waals surface area contributed by atoms with E-state index in [0.29, 0.717) is 11.8 Å². The molecule has 1 atom stereocenters. The van der Waals surface area contributed by atoms with Crippen LogP contribution in [0.1, 0.15) is 12.2 Å². The molecule has 0 saturated carbocycles. The van der Waals surface area contributed by atoms with Crippen LogP contribution in [-0.2, 0) is 6.42 Å². The third kappa shape index (κ3) is 2.79. The minimum atomic E-state index is 0.667. The van der Waals surface area contributed by atoms with Crippen LogP contribution >= 0.6 is 0 Å². The second kappa shape index (κ2) is 5.45. The third-order valence-electron chi connectivity index (χ3n) is 3.52. The lowest BCUT2D eigenvalue weighted by molar-refractivity contribution is 0.414. The maximum absolute atomic E-state index is 5.84. The van der Waals surface area contributed by atoms with Crippen molar-refractivity contribution in [3.63, 3.8) is 0 Å². The van der Waals surface area contributed by atoms with E-state index >= 15 is 0 Å². The molecule has 100 valence electrons. The minimum Gasteiger partial charge on any atom is -0.497 e. The fourth-order valence-electron chi connectivity index (χ4n) is 2.46. The van der Waals surface area contributed by atoms with Crippen LogP contribution < -0.4 is 10.1 Å². The Morgan fingerprint density at radius 2 is 2.42 bits per heavy atom. The predicted molar refractivity (Wildman–Crippen MR) is 73.2 cm³/mol. The van der Waals surface area contributed by atoms with Crippen LogP contribution in [-0.4, -0.2) is 25.2 Å². The number of oxazole rings is 1. The van der Waals surface area contributed by atoms with Crippen LogP contribution in [0.2, 0.25) is 0 Å². The average Bonchev–Trinajstić information content (AvgIpc) is 3.11. The van der Waals surface area contributed by atoms with Crippen LogP contribution in [0.25, 0.3) is 11.5 Å². The largest absolute Gasteiger partial charge is 0.497 e. The van der Waals surface area contributed by atoms with Crippen molar-refractivity contribution in [1.82, 2.24) is 10.3 Å². The van der Waals surface area contributed by atoms with Crippen molar-refractivity contribution >= 4 is 0 Å². The van der Waals surface area contributed by atoms with Gasteiger partial charge in [-0.2, -0.15) is 0 Å². The first-order valence-electron chi connectivity index (χ1n) is 6.65. The molecule has 0 spiro atoms. The molecular formula is C15H18N2O2. The van der Waals surface area contributed by atoms with Crippen molar-refractivity contribution in [2.45, 2.75) is 12.8 Å². The van der Waals surface area contributed by atoms with Gasteiger partial charge in [0.25, 0.3) is 0 Å². The summed E-state index contributed by atoms with van der Waals surface area (Å²) in [7, 11) is 1.66. The molecular weight excluding hydrogens is 240 g/mol. The Kier molecular flexibility index (Phi) is 3.51. The number of methoxy groups -OCH3 is 1. The second-order valence-corrected chi connectivity index (χ2v) is 4.93. The van der Waals surface area contributed by atoms with Gasteiger partial charge in [0, 0.05) is 12.0 Å². The molecule has 1 N–H and O–H groups in total. The van der Waals surface area contributed by atoms with Crippen molar-refractivity contribution in [2.75, 3.05) is 20.2 Å². The number of benzene rings is 1. The number of ether oxygens (including phenoxy) is 1. The minimum absolute atomic E-state index is 0.667. The molecule has 0 radical (unpaired) electrons. The third-order valence-corrected chi connectivity index (χ3v) is 3.52. The Bertz CT molecular complexity index is 545. The van der Waals surface area contributed by atoms with Crippen molar-refractivity contribution < 1.29 is 9.15 Å².